The highest BCUT2D eigenvalue weighted by Crippen LogP contribution is 2.20. The molecule has 0 spiro atoms. The molecule has 6 heteroatoms. The van der Waals surface area contributed by atoms with Crippen LogP contribution in [0.5, 0.6) is 0 Å². The Kier molecular flexibility index (Phi) is 7.37. The highest BCUT2D eigenvalue weighted by atomic mass is 19.1. The third-order valence-electron chi connectivity index (χ3n) is 4.72. The van der Waals surface area contributed by atoms with Crippen molar-refractivity contribution in [3.63, 3.8) is 0 Å². The molecule has 0 aromatic heterocycles. The third-order valence-corrected chi connectivity index (χ3v) is 4.72. The molecule has 2 atom stereocenters. The van der Waals surface area contributed by atoms with Crippen LogP contribution >= 0.6 is 0 Å². The Morgan fingerprint density at radius 3 is 2.96 bits per heavy atom. The molecule has 0 radical (unpaired) electrons. The molecule has 3 N–H and O–H groups in total. The molecule has 2 unspecified atom stereocenters. The van der Waals surface area contributed by atoms with Gasteiger partial charge < -0.3 is 16.0 Å². The number of nitrogens with one attached hydrogen (secondary N) is 1. The molecular formula is C19H28FN3O2. The Hall–Kier alpha value is -1.95. The zero-order valence-corrected chi connectivity index (χ0v) is 14.8. The number of carbonyl (C=O) groups is 2. The molecular weight excluding hydrogens is 321 g/mol. The van der Waals surface area contributed by atoms with E-state index in [0.717, 1.165) is 18.4 Å². The van der Waals surface area contributed by atoms with Gasteiger partial charge in [0.1, 0.15) is 5.82 Å². The van der Waals surface area contributed by atoms with Gasteiger partial charge in [-0.1, -0.05) is 19.1 Å². The van der Waals surface area contributed by atoms with Crippen molar-refractivity contribution < 1.29 is 14.0 Å². The minimum atomic E-state index is -0.251. The van der Waals surface area contributed by atoms with Gasteiger partial charge in [0.2, 0.25) is 11.8 Å². The number of hydrogen-bond donors (Lipinski definition) is 2. The minimum absolute atomic E-state index is 0.0182. The molecule has 0 aliphatic carbocycles. The molecule has 1 aromatic rings. The van der Waals surface area contributed by atoms with Gasteiger partial charge in [0, 0.05) is 32.1 Å². The topological polar surface area (TPSA) is 75.4 Å². The second-order valence-corrected chi connectivity index (χ2v) is 6.77. The van der Waals surface area contributed by atoms with Crippen LogP contribution in [0.15, 0.2) is 24.3 Å². The maximum atomic E-state index is 13.2. The molecule has 138 valence electrons. The van der Waals surface area contributed by atoms with Gasteiger partial charge >= 0.3 is 0 Å². The first-order valence-electron chi connectivity index (χ1n) is 9.02. The number of hydrogen-bond acceptors (Lipinski definition) is 3. The second-order valence-electron chi connectivity index (χ2n) is 6.77. The molecule has 2 rings (SSSR count). The van der Waals surface area contributed by atoms with E-state index in [-0.39, 0.29) is 29.5 Å². The number of aryl methyl sites for hydroxylation is 1. The van der Waals surface area contributed by atoms with Gasteiger partial charge in [0.15, 0.2) is 0 Å². The Morgan fingerprint density at radius 1 is 1.44 bits per heavy atom. The van der Waals surface area contributed by atoms with Crippen molar-refractivity contribution in [1.29, 1.82) is 0 Å². The van der Waals surface area contributed by atoms with E-state index in [9.17, 15) is 14.0 Å². The van der Waals surface area contributed by atoms with Crippen LogP contribution in [-0.4, -0.2) is 42.9 Å². The molecule has 0 bridgehead atoms. The molecule has 5 nitrogen and oxygen atoms in total. The SMILES string of the molecule is CC(CCc1cccc(F)c1)C(=O)N1CCCC(C(=O)NCCN)C1. The van der Waals surface area contributed by atoms with Crippen molar-refractivity contribution in [1.82, 2.24) is 10.2 Å². The third kappa shape index (κ3) is 5.81. The zero-order valence-electron chi connectivity index (χ0n) is 14.8. The van der Waals surface area contributed by atoms with Crippen molar-refractivity contribution in [3.05, 3.63) is 35.6 Å². The second kappa shape index (κ2) is 9.51. The number of rotatable bonds is 7. The van der Waals surface area contributed by atoms with Crippen molar-refractivity contribution in [2.45, 2.75) is 32.6 Å². The fourth-order valence-electron chi connectivity index (χ4n) is 3.24. The first kappa shape index (κ1) is 19.4. The number of halogens is 1. The highest BCUT2D eigenvalue weighted by Gasteiger charge is 2.30. The number of likely N-dealkylation sites (tertiary alicyclic amines) is 1. The van der Waals surface area contributed by atoms with E-state index in [0.29, 0.717) is 39.0 Å². The summed E-state index contributed by atoms with van der Waals surface area (Å²) in [5, 5.41) is 2.81. The molecule has 1 saturated heterocycles. The fourth-order valence-corrected chi connectivity index (χ4v) is 3.24. The van der Waals surface area contributed by atoms with Gasteiger partial charge in [-0.05, 0) is 43.4 Å². The average Bonchev–Trinajstić information content (AvgIpc) is 2.63. The molecule has 25 heavy (non-hydrogen) atoms. The number of nitrogens with zero attached hydrogens (tertiary/aromatic N) is 1. The summed E-state index contributed by atoms with van der Waals surface area (Å²) in [5.74, 6) is -0.490. The molecule has 1 fully saturated rings. The van der Waals surface area contributed by atoms with Crippen LogP contribution in [-0.2, 0) is 16.0 Å². The summed E-state index contributed by atoms with van der Waals surface area (Å²) in [7, 11) is 0. The lowest BCUT2D eigenvalue weighted by atomic mass is 9.94. The summed E-state index contributed by atoms with van der Waals surface area (Å²) < 4.78 is 13.2. The summed E-state index contributed by atoms with van der Waals surface area (Å²) in [5.41, 5.74) is 6.31. The zero-order chi connectivity index (χ0) is 18.2. The highest BCUT2D eigenvalue weighted by molar-refractivity contribution is 5.82. The molecule has 1 heterocycles. The lowest BCUT2D eigenvalue weighted by Crippen LogP contribution is -2.47. The number of nitrogens with two attached hydrogens (primary N) is 1. The van der Waals surface area contributed by atoms with Crippen LogP contribution in [0.1, 0.15) is 31.7 Å². The average molecular weight is 349 g/mol. The fraction of sp³-hybridized carbons (Fsp3) is 0.579. The standard InChI is InChI=1S/C19H28FN3O2/c1-14(7-8-15-4-2-6-17(20)12-15)19(25)23-11-3-5-16(13-23)18(24)22-10-9-21/h2,4,6,12,14,16H,3,5,7-11,13,21H2,1H3,(H,22,24). The smallest absolute Gasteiger partial charge is 0.225 e. The van der Waals surface area contributed by atoms with Crippen LogP contribution in [0, 0.1) is 17.7 Å². The molecule has 2 amide bonds. The van der Waals surface area contributed by atoms with E-state index < -0.39 is 0 Å². The van der Waals surface area contributed by atoms with Crippen LogP contribution in [0.25, 0.3) is 0 Å². The molecule has 0 saturated carbocycles. The summed E-state index contributed by atoms with van der Waals surface area (Å²) in [6, 6.07) is 6.49. The van der Waals surface area contributed by atoms with Crippen LogP contribution in [0.3, 0.4) is 0 Å². The monoisotopic (exact) mass is 349 g/mol. The number of amides is 2. The quantitative estimate of drug-likeness (QED) is 0.787. The maximum absolute atomic E-state index is 13.2. The van der Waals surface area contributed by atoms with Gasteiger partial charge in [-0.2, -0.15) is 0 Å². The van der Waals surface area contributed by atoms with E-state index in [2.05, 4.69) is 5.32 Å². The van der Waals surface area contributed by atoms with E-state index >= 15 is 0 Å². The van der Waals surface area contributed by atoms with Crippen LogP contribution in [0.4, 0.5) is 4.39 Å². The Balaban J connectivity index is 1.84. The van der Waals surface area contributed by atoms with Crippen LogP contribution in [0.2, 0.25) is 0 Å². The summed E-state index contributed by atoms with van der Waals surface area (Å²) in [6.45, 7) is 3.95. The van der Waals surface area contributed by atoms with Gasteiger partial charge in [0.05, 0.1) is 5.92 Å². The van der Waals surface area contributed by atoms with E-state index in [1.54, 1.807) is 11.0 Å². The van der Waals surface area contributed by atoms with Gasteiger partial charge in [-0.25, -0.2) is 4.39 Å². The van der Waals surface area contributed by atoms with Gasteiger partial charge in [-0.15, -0.1) is 0 Å². The first-order chi connectivity index (χ1) is 12.0. The molecule has 1 aliphatic rings. The van der Waals surface area contributed by atoms with Gasteiger partial charge in [0.25, 0.3) is 0 Å². The minimum Gasteiger partial charge on any atom is -0.355 e. The molecule has 1 aromatic carbocycles. The Labute approximate surface area is 148 Å². The largest absolute Gasteiger partial charge is 0.355 e. The maximum Gasteiger partial charge on any atom is 0.225 e. The van der Waals surface area contributed by atoms with Gasteiger partial charge in [-0.3, -0.25) is 9.59 Å². The van der Waals surface area contributed by atoms with Crippen molar-refractivity contribution in [2.75, 3.05) is 26.2 Å². The lowest BCUT2D eigenvalue weighted by Gasteiger charge is -2.33. The van der Waals surface area contributed by atoms with E-state index in [1.165, 1.54) is 12.1 Å². The lowest BCUT2D eigenvalue weighted by molar-refractivity contribution is -0.139. The summed E-state index contributed by atoms with van der Waals surface area (Å²) in [4.78, 5) is 26.6. The van der Waals surface area contributed by atoms with Crippen molar-refractivity contribution in [3.8, 4) is 0 Å². The number of piperidine rings is 1. The van der Waals surface area contributed by atoms with Crippen LogP contribution < -0.4 is 11.1 Å². The Morgan fingerprint density at radius 2 is 2.24 bits per heavy atom. The normalized spacial score (nSPS) is 18.7. The predicted molar refractivity (Wildman–Crippen MR) is 95.3 cm³/mol. The predicted octanol–water partition coefficient (Wildman–Crippen LogP) is 1.71. The first-order valence-corrected chi connectivity index (χ1v) is 9.02. The van der Waals surface area contributed by atoms with Crippen molar-refractivity contribution >= 4 is 11.8 Å². The molecule has 1 aliphatic heterocycles. The number of carbonyl (C=O) groups excluding carboxylic acids is 2. The van der Waals surface area contributed by atoms with E-state index in [1.807, 2.05) is 13.0 Å². The van der Waals surface area contributed by atoms with E-state index in [4.69, 9.17) is 5.73 Å². The number of benzene rings is 1. The summed E-state index contributed by atoms with van der Waals surface area (Å²) >= 11 is 0. The Bertz CT molecular complexity index is 594. The summed E-state index contributed by atoms with van der Waals surface area (Å²) in [6.07, 6.45) is 2.97. The van der Waals surface area contributed by atoms with Crippen molar-refractivity contribution in [2.24, 2.45) is 17.6 Å².